The van der Waals surface area contributed by atoms with E-state index in [2.05, 4.69) is 4.74 Å². The first-order valence-corrected chi connectivity index (χ1v) is 4.62. The molecule has 0 aromatic heterocycles. The molecule has 1 unspecified atom stereocenters. The van der Waals surface area contributed by atoms with Crippen LogP contribution in [0.2, 0.25) is 0 Å². The van der Waals surface area contributed by atoms with Crippen LogP contribution in [0.15, 0.2) is 0 Å². The zero-order chi connectivity index (χ0) is 8.74. The van der Waals surface area contributed by atoms with Crippen LogP contribution in [-0.4, -0.2) is 29.3 Å². The Bertz CT molecular complexity index is 98.4. The van der Waals surface area contributed by atoms with Gasteiger partial charge in [0.15, 0.2) is 5.00 Å². The summed E-state index contributed by atoms with van der Waals surface area (Å²) in [5.74, 6) is 0.585. The maximum Gasteiger partial charge on any atom is 0.153 e. The molecule has 0 aliphatic heterocycles. The van der Waals surface area contributed by atoms with Crippen LogP contribution in [0, 0.1) is 0 Å². The van der Waals surface area contributed by atoms with E-state index in [0.717, 1.165) is 0 Å². The first-order valence-electron chi connectivity index (χ1n) is 3.64. The molecule has 0 aliphatic rings. The van der Waals surface area contributed by atoms with Crippen LogP contribution in [0.4, 0.5) is 4.39 Å². The fraction of sp³-hybridized carbons (Fsp3) is 1.00. The van der Waals surface area contributed by atoms with E-state index in [9.17, 15) is 4.39 Å². The van der Waals surface area contributed by atoms with Crippen molar-refractivity contribution in [2.24, 2.45) is 0 Å². The Kier molecular flexibility index (Phi) is 5.91. The normalized spacial score (nSPS) is 16.4. The molecule has 0 rings (SSSR count). The second kappa shape index (κ2) is 5.80. The smallest absolute Gasteiger partial charge is 0.153 e. The lowest BCUT2D eigenvalue weighted by Crippen LogP contribution is -2.13. The van der Waals surface area contributed by atoms with Crippen molar-refractivity contribution >= 4 is 11.8 Å². The number of alkyl halides is 1. The van der Waals surface area contributed by atoms with Crippen LogP contribution in [0.5, 0.6) is 0 Å². The largest absolute Gasteiger partial charge is 0.371 e. The minimum atomic E-state index is -1.15. The Hall–Kier alpha value is 0.200. The van der Waals surface area contributed by atoms with Gasteiger partial charge in [-0.3, -0.25) is 0 Å². The van der Waals surface area contributed by atoms with Gasteiger partial charge >= 0.3 is 0 Å². The maximum absolute atomic E-state index is 13.1. The molecule has 4 heteroatoms. The van der Waals surface area contributed by atoms with E-state index in [0.29, 0.717) is 18.8 Å². The van der Waals surface area contributed by atoms with E-state index in [4.69, 9.17) is 5.11 Å². The average molecular weight is 182 g/mol. The van der Waals surface area contributed by atoms with Crippen molar-refractivity contribution in [3.63, 3.8) is 0 Å². The van der Waals surface area contributed by atoms with Crippen LogP contribution in [0.1, 0.15) is 20.3 Å². The summed E-state index contributed by atoms with van der Waals surface area (Å²) < 4.78 is 17.7. The second-order valence-corrected chi connectivity index (χ2v) is 3.89. The number of ether oxygens (including phenoxy) is 1. The highest BCUT2D eigenvalue weighted by Crippen LogP contribution is 2.29. The van der Waals surface area contributed by atoms with E-state index in [1.807, 2.05) is 0 Å². The highest BCUT2D eigenvalue weighted by Gasteiger charge is 2.19. The summed E-state index contributed by atoms with van der Waals surface area (Å²) in [6.45, 7) is 3.48. The number of hydrogen-bond acceptors (Lipinski definition) is 3. The van der Waals surface area contributed by atoms with E-state index in [1.54, 1.807) is 13.8 Å². The molecule has 0 aromatic carbocycles. The minimum Gasteiger partial charge on any atom is -0.371 e. The summed E-state index contributed by atoms with van der Waals surface area (Å²) in [6, 6.07) is 0. The van der Waals surface area contributed by atoms with E-state index in [-0.39, 0.29) is 6.79 Å². The lowest BCUT2D eigenvalue weighted by atomic mass is 10.3. The summed E-state index contributed by atoms with van der Waals surface area (Å²) in [5.41, 5.74) is 0. The SMILES string of the molecule is CCC(C)(F)SCCOCO. The molecule has 0 fully saturated rings. The van der Waals surface area contributed by atoms with Crippen molar-refractivity contribution in [3.05, 3.63) is 0 Å². The molecule has 0 aliphatic carbocycles. The van der Waals surface area contributed by atoms with Gasteiger partial charge in [-0.25, -0.2) is 4.39 Å². The Morgan fingerprint density at radius 2 is 2.27 bits per heavy atom. The summed E-state index contributed by atoms with van der Waals surface area (Å²) in [6.07, 6.45) is 0.497. The summed E-state index contributed by atoms with van der Waals surface area (Å²) >= 11 is 1.22. The quantitative estimate of drug-likeness (QED) is 0.501. The average Bonchev–Trinajstić information content (AvgIpc) is 1.99. The number of aliphatic hydroxyl groups is 1. The highest BCUT2D eigenvalue weighted by molar-refractivity contribution is 8.00. The molecule has 1 atom stereocenters. The van der Waals surface area contributed by atoms with Gasteiger partial charge in [0.1, 0.15) is 6.79 Å². The van der Waals surface area contributed by atoms with Gasteiger partial charge in [-0.1, -0.05) is 6.92 Å². The topological polar surface area (TPSA) is 29.5 Å². The first-order chi connectivity index (χ1) is 5.12. The van der Waals surface area contributed by atoms with Gasteiger partial charge in [-0.05, 0) is 13.3 Å². The monoisotopic (exact) mass is 182 g/mol. The van der Waals surface area contributed by atoms with Crippen LogP contribution < -0.4 is 0 Å². The summed E-state index contributed by atoms with van der Waals surface area (Å²) in [4.78, 5) is 0. The first kappa shape index (κ1) is 11.2. The van der Waals surface area contributed by atoms with Gasteiger partial charge in [0, 0.05) is 5.75 Å². The van der Waals surface area contributed by atoms with Crippen LogP contribution in [0.25, 0.3) is 0 Å². The lowest BCUT2D eigenvalue weighted by molar-refractivity contribution is 0.00654. The second-order valence-electron chi connectivity index (χ2n) is 2.34. The fourth-order valence-corrected chi connectivity index (χ4v) is 1.31. The van der Waals surface area contributed by atoms with Crippen molar-refractivity contribution in [3.8, 4) is 0 Å². The number of rotatable bonds is 6. The Balaban J connectivity index is 3.23. The van der Waals surface area contributed by atoms with Crippen molar-refractivity contribution < 1.29 is 14.2 Å². The fourth-order valence-electron chi connectivity index (χ4n) is 0.480. The Morgan fingerprint density at radius 3 is 2.73 bits per heavy atom. The minimum absolute atomic E-state index is 0.282. The molecule has 68 valence electrons. The van der Waals surface area contributed by atoms with E-state index >= 15 is 0 Å². The van der Waals surface area contributed by atoms with Crippen LogP contribution in [-0.2, 0) is 4.74 Å². The van der Waals surface area contributed by atoms with Crippen LogP contribution in [0.3, 0.4) is 0 Å². The molecule has 0 radical (unpaired) electrons. The molecule has 0 spiro atoms. The van der Waals surface area contributed by atoms with E-state index < -0.39 is 5.00 Å². The standard InChI is InChI=1S/C7H15FO2S/c1-3-7(2,8)11-5-4-10-6-9/h9H,3-6H2,1-2H3. The van der Waals surface area contributed by atoms with Crippen molar-refractivity contribution in [1.29, 1.82) is 0 Å². The Morgan fingerprint density at radius 1 is 1.64 bits per heavy atom. The van der Waals surface area contributed by atoms with Gasteiger partial charge in [0.05, 0.1) is 6.61 Å². The summed E-state index contributed by atoms with van der Waals surface area (Å²) in [7, 11) is 0. The number of halogens is 1. The molecular formula is C7H15FO2S. The van der Waals surface area contributed by atoms with Gasteiger partial charge in [0.2, 0.25) is 0 Å². The lowest BCUT2D eigenvalue weighted by Gasteiger charge is -2.16. The third-order valence-corrected chi connectivity index (χ3v) is 2.61. The molecule has 0 saturated carbocycles. The Labute approximate surface area is 71.1 Å². The number of hydrogen-bond donors (Lipinski definition) is 1. The highest BCUT2D eigenvalue weighted by atomic mass is 32.2. The molecule has 2 nitrogen and oxygen atoms in total. The number of aliphatic hydroxyl groups excluding tert-OH is 1. The van der Waals surface area contributed by atoms with Gasteiger partial charge in [-0.2, -0.15) is 0 Å². The van der Waals surface area contributed by atoms with Crippen LogP contribution >= 0.6 is 11.8 Å². The van der Waals surface area contributed by atoms with Gasteiger partial charge in [0.25, 0.3) is 0 Å². The van der Waals surface area contributed by atoms with Crippen molar-refractivity contribution in [2.45, 2.75) is 25.3 Å². The number of thioether (sulfide) groups is 1. The van der Waals surface area contributed by atoms with Crippen molar-refractivity contribution in [1.82, 2.24) is 0 Å². The third-order valence-electron chi connectivity index (χ3n) is 1.35. The predicted octanol–water partition coefficient (Wildman–Crippen LogP) is 1.78. The molecular weight excluding hydrogens is 167 g/mol. The van der Waals surface area contributed by atoms with E-state index in [1.165, 1.54) is 11.8 Å². The molecule has 11 heavy (non-hydrogen) atoms. The molecule has 0 bridgehead atoms. The molecule has 0 amide bonds. The van der Waals surface area contributed by atoms with Crippen molar-refractivity contribution in [2.75, 3.05) is 19.2 Å². The molecule has 0 aromatic rings. The third kappa shape index (κ3) is 6.59. The zero-order valence-electron chi connectivity index (χ0n) is 6.97. The molecule has 0 heterocycles. The molecule has 0 saturated heterocycles. The molecule has 1 N–H and O–H groups in total. The predicted molar refractivity (Wildman–Crippen MR) is 45.3 cm³/mol. The van der Waals surface area contributed by atoms with Gasteiger partial charge < -0.3 is 9.84 Å². The summed E-state index contributed by atoms with van der Waals surface area (Å²) in [5, 5.41) is 7.07. The zero-order valence-corrected chi connectivity index (χ0v) is 7.79. The van der Waals surface area contributed by atoms with Gasteiger partial charge in [-0.15, -0.1) is 11.8 Å². The maximum atomic E-state index is 13.1.